The van der Waals surface area contributed by atoms with Gasteiger partial charge in [-0.3, -0.25) is 0 Å². The number of fused-ring (bicyclic) bond motifs is 6. The molecule has 0 aliphatic carbocycles. The Morgan fingerprint density at radius 1 is 0.413 bits per heavy atom. The Balaban J connectivity index is 1.15. The van der Waals surface area contributed by atoms with Crippen LogP contribution in [-0.2, 0) is 0 Å². The minimum atomic E-state index is 0.640. The molecule has 0 aliphatic heterocycles. The Morgan fingerprint density at radius 2 is 1.02 bits per heavy atom. The van der Waals surface area contributed by atoms with Gasteiger partial charge in [0.1, 0.15) is 5.52 Å². The second-order valence-corrected chi connectivity index (χ2v) is 11.6. The van der Waals surface area contributed by atoms with E-state index in [2.05, 4.69) is 138 Å². The molecular weight excluding hydrogens is 560 g/mol. The lowest BCUT2D eigenvalue weighted by Gasteiger charge is -2.26. The fraction of sp³-hybridized carbons (Fsp3) is 0. The lowest BCUT2D eigenvalue weighted by atomic mass is 9.96. The zero-order chi connectivity index (χ0) is 30.5. The lowest BCUT2D eigenvalue weighted by Crippen LogP contribution is -2.09. The summed E-state index contributed by atoms with van der Waals surface area (Å²) in [6, 6.07) is 59.9. The van der Waals surface area contributed by atoms with Crippen LogP contribution in [0.4, 0.5) is 17.1 Å². The molecule has 0 radical (unpaired) electrons. The van der Waals surface area contributed by atoms with Crippen molar-refractivity contribution >= 4 is 60.5 Å². The standard InChI is InChI=1S/C43H28N2O/c1-3-10-33(11-4-1)43-44-42-40(46-43)26-22-32-17-15-31-16-18-35(28-39(31)41(32)42)30-19-23-37(24-20-30)45(36-13-5-2-6-14-36)38-25-21-29-9-7-8-12-34(29)27-38/h1-28H. The molecule has 0 unspecified atom stereocenters. The lowest BCUT2D eigenvalue weighted by molar-refractivity contribution is 0.620. The highest BCUT2D eigenvalue weighted by atomic mass is 16.3. The zero-order valence-corrected chi connectivity index (χ0v) is 25.0. The predicted octanol–water partition coefficient (Wildman–Crippen LogP) is 12.1. The highest BCUT2D eigenvalue weighted by Crippen LogP contribution is 2.39. The van der Waals surface area contributed by atoms with Crippen molar-refractivity contribution in [1.82, 2.24) is 4.98 Å². The second-order valence-electron chi connectivity index (χ2n) is 11.6. The van der Waals surface area contributed by atoms with E-state index in [1.54, 1.807) is 0 Å². The Kier molecular flexibility index (Phi) is 6.14. The van der Waals surface area contributed by atoms with Crippen LogP contribution in [0.25, 0.3) is 66.0 Å². The second kappa shape index (κ2) is 10.8. The maximum absolute atomic E-state index is 6.24. The third-order valence-electron chi connectivity index (χ3n) is 8.84. The molecule has 216 valence electrons. The fourth-order valence-corrected chi connectivity index (χ4v) is 6.56. The number of hydrogen-bond donors (Lipinski definition) is 0. The first-order valence-electron chi connectivity index (χ1n) is 15.5. The van der Waals surface area contributed by atoms with Crippen molar-refractivity contribution in [3.8, 4) is 22.6 Å². The number of rotatable bonds is 5. The Bertz CT molecular complexity index is 2520. The summed E-state index contributed by atoms with van der Waals surface area (Å²) in [6.45, 7) is 0. The van der Waals surface area contributed by atoms with E-state index in [0.717, 1.165) is 55.6 Å². The molecule has 1 aromatic heterocycles. The molecule has 1 heterocycles. The molecule has 0 saturated heterocycles. The van der Waals surface area contributed by atoms with Crippen molar-refractivity contribution in [2.45, 2.75) is 0 Å². The minimum absolute atomic E-state index is 0.640. The van der Waals surface area contributed by atoms with E-state index < -0.39 is 0 Å². The highest BCUT2D eigenvalue weighted by molar-refractivity contribution is 6.19. The summed E-state index contributed by atoms with van der Waals surface area (Å²) in [5, 5.41) is 7.06. The van der Waals surface area contributed by atoms with Crippen molar-refractivity contribution in [2.75, 3.05) is 4.90 Å². The van der Waals surface area contributed by atoms with Crippen LogP contribution in [0, 0.1) is 0 Å². The number of benzene rings is 8. The summed E-state index contributed by atoms with van der Waals surface area (Å²) >= 11 is 0. The smallest absolute Gasteiger partial charge is 0.227 e. The third kappa shape index (κ3) is 4.49. The topological polar surface area (TPSA) is 29.3 Å². The van der Waals surface area contributed by atoms with Gasteiger partial charge in [0.25, 0.3) is 0 Å². The van der Waals surface area contributed by atoms with Crippen molar-refractivity contribution in [1.29, 1.82) is 0 Å². The van der Waals surface area contributed by atoms with E-state index >= 15 is 0 Å². The fourth-order valence-electron chi connectivity index (χ4n) is 6.56. The van der Waals surface area contributed by atoms with Gasteiger partial charge in [-0.05, 0) is 98.7 Å². The van der Waals surface area contributed by atoms with E-state index in [9.17, 15) is 0 Å². The van der Waals surface area contributed by atoms with Crippen LogP contribution in [0.2, 0.25) is 0 Å². The average Bonchev–Trinajstić information content (AvgIpc) is 3.57. The van der Waals surface area contributed by atoms with Gasteiger partial charge < -0.3 is 9.32 Å². The van der Waals surface area contributed by atoms with Gasteiger partial charge in [-0.15, -0.1) is 0 Å². The van der Waals surface area contributed by atoms with Crippen molar-refractivity contribution < 1.29 is 4.42 Å². The maximum atomic E-state index is 6.24. The number of nitrogens with zero attached hydrogens (tertiary/aromatic N) is 2. The molecule has 0 N–H and O–H groups in total. The van der Waals surface area contributed by atoms with Crippen LogP contribution in [0.3, 0.4) is 0 Å². The van der Waals surface area contributed by atoms with Crippen molar-refractivity contribution in [2.24, 2.45) is 0 Å². The first-order valence-corrected chi connectivity index (χ1v) is 15.5. The van der Waals surface area contributed by atoms with E-state index in [4.69, 9.17) is 9.40 Å². The van der Waals surface area contributed by atoms with Gasteiger partial charge in [0.2, 0.25) is 5.89 Å². The molecule has 9 rings (SSSR count). The molecule has 0 fully saturated rings. The normalized spacial score (nSPS) is 11.5. The number of anilines is 3. The summed E-state index contributed by atoms with van der Waals surface area (Å²) < 4.78 is 6.24. The van der Waals surface area contributed by atoms with Gasteiger partial charge in [0.05, 0.1) is 0 Å². The SMILES string of the molecule is c1ccc(-c2nc3c(ccc4ccc5ccc(-c6ccc(N(c7ccccc7)c7ccc8ccccc8c7)cc6)cc5c43)o2)cc1. The Labute approximate surface area is 266 Å². The van der Waals surface area contributed by atoms with Gasteiger partial charge in [-0.2, -0.15) is 0 Å². The van der Waals surface area contributed by atoms with Crippen molar-refractivity contribution in [3.63, 3.8) is 0 Å². The summed E-state index contributed by atoms with van der Waals surface area (Å²) in [4.78, 5) is 7.31. The molecule has 0 spiro atoms. The molecule has 3 nitrogen and oxygen atoms in total. The van der Waals surface area contributed by atoms with E-state index in [0.29, 0.717) is 5.89 Å². The summed E-state index contributed by atoms with van der Waals surface area (Å²) in [5.41, 5.74) is 8.33. The van der Waals surface area contributed by atoms with Crippen LogP contribution in [0.15, 0.2) is 174 Å². The van der Waals surface area contributed by atoms with Crippen LogP contribution in [-0.4, -0.2) is 4.98 Å². The average molecular weight is 589 g/mol. The Morgan fingerprint density at radius 3 is 1.85 bits per heavy atom. The molecule has 0 aliphatic rings. The monoisotopic (exact) mass is 588 g/mol. The Hall–Kier alpha value is -6.19. The molecule has 46 heavy (non-hydrogen) atoms. The van der Waals surface area contributed by atoms with E-state index in [1.807, 2.05) is 36.4 Å². The largest absolute Gasteiger partial charge is 0.436 e. The van der Waals surface area contributed by atoms with Crippen LogP contribution < -0.4 is 4.90 Å². The quantitative estimate of drug-likeness (QED) is 0.187. The number of para-hydroxylation sites is 1. The van der Waals surface area contributed by atoms with Crippen molar-refractivity contribution in [3.05, 3.63) is 170 Å². The molecular formula is C43H28N2O. The first kappa shape index (κ1) is 26.2. The van der Waals surface area contributed by atoms with Gasteiger partial charge in [0.15, 0.2) is 5.58 Å². The molecule has 3 heteroatoms. The predicted molar refractivity (Wildman–Crippen MR) is 192 cm³/mol. The molecule has 0 amide bonds. The summed E-state index contributed by atoms with van der Waals surface area (Å²) in [7, 11) is 0. The van der Waals surface area contributed by atoms with Crippen LogP contribution in [0.5, 0.6) is 0 Å². The molecule has 0 atom stereocenters. The van der Waals surface area contributed by atoms with Crippen LogP contribution in [0.1, 0.15) is 0 Å². The number of hydrogen-bond acceptors (Lipinski definition) is 3. The molecule has 9 aromatic rings. The minimum Gasteiger partial charge on any atom is -0.436 e. The van der Waals surface area contributed by atoms with Crippen LogP contribution >= 0.6 is 0 Å². The number of oxazole rings is 1. The van der Waals surface area contributed by atoms with Gasteiger partial charge in [-0.1, -0.05) is 109 Å². The number of aromatic nitrogens is 1. The van der Waals surface area contributed by atoms with E-state index in [-0.39, 0.29) is 0 Å². The highest BCUT2D eigenvalue weighted by Gasteiger charge is 2.15. The van der Waals surface area contributed by atoms with Gasteiger partial charge in [0, 0.05) is 28.0 Å². The summed E-state index contributed by atoms with van der Waals surface area (Å²) in [6.07, 6.45) is 0. The maximum Gasteiger partial charge on any atom is 0.227 e. The van der Waals surface area contributed by atoms with Gasteiger partial charge in [-0.25, -0.2) is 4.98 Å². The van der Waals surface area contributed by atoms with E-state index in [1.165, 1.54) is 21.5 Å². The molecule has 0 saturated carbocycles. The van der Waals surface area contributed by atoms with Gasteiger partial charge >= 0.3 is 0 Å². The zero-order valence-electron chi connectivity index (χ0n) is 25.0. The summed E-state index contributed by atoms with van der Waals surface area (Å²) in [5.74, 6) is 0.640. The first-order chi connectivity index (χ1) is 22.8. The molecule has 8 aromatic carbocycles. The molecule has 0 bridgehead atoms. The third-order valence-corrected chi connectivity index (χ3v) is 8.84.